The number of pyridine rings is 1. The number of carbonyl (C=O) groups is 2. The van der Waals surface area contributed by atoms with Gasteiger partial charge in [0.25, 0.3) is 0 Å². The van der Waals surface area contributed by atoms with Gasteiger partial charge in [0.05, 0.1) is 41.7 Å². The van der Waals surface area contributed by atoms with E-state index in [-0.39, 0.29) is 22.4 Å². The predicted molar refractivity (Wildman–Crippen MR) is 202 cm³/mol. The molecule has 0 aliphatic carbocycles. The van der Waals surface area contributed by atoms with Crippen molar-refractivity contribution in [2.75, 3.05) is 47.7 Å². The van der Waals surface area contributed by atoms with Gasteiger partial charge >= 0.3 is 12.0 Å². The summed E-state index contributed by atoms with van der Waals surface area (Å²) >= 11 is 0. The number of benzene rings is 4. The Morgan fingerprint density at radius 1 is 0.882 bits per heavy atom. The van der Waals surface area contributed by atoms with Crippen molar-refractivity contribution in [1.29, 1.82) is 0 Å². The first kappa shape index (κ1) is 36.5. The van der Waals surface area contributed by atoms with Crippen LogP contribution in [0.4, 0.5) is 27.5 Å². The Morgan fingerprint density at radius 3 is 2.22 bits per heavy atom. The van der Waals surface area contributed by atoms with Crippen LogP contribution in [-0.2, 0) is 21.9 Å². The van der Waals surface area contributed by atoms with Gasteiger partial charge in [0.1, 0.15) is 11.5 Å². The van der Waals surface area contributed by atoms with Crippen LogP contribution < -0.4 is 29.7 Å². The first-order valence-electron chi connectivity index (χ1n) is 16.0. The van der Waals surface area contributed by atoms with Crippen LogP contribution in [0.2, 0.25) is 0 Å². The second-order valence-corrected chi connectivity index (χ2v) is 15.0. The van der Waals surface area contributed by atoms with E-state index in [9.17, 15) is 23.1 Å². The zero-order chi connectivity index (χ0) is 37.1. The number of carbonyl (C=O) groups excluding carboxylic acids is 1. The fraction of sp³-hybridized carbons (Fsp3) is 0.237. The average Bonchev–Trinajstić information content (AvgIpc) is 3.04. The molecule has 0 radical (unpaired) electrons. The van der Waals surface area contributed by atoms with Crippen molar-refractivity contribution < 1.29 is 32.6 Å². The Morgan fingerprint density at radius 2 is 1.57 bits per heavy atom. The lowest BCUT2D eigenvalue weighted by atomic mass is 9.86. The second-order valence-electron chi connectivity index (χ2n) is 13.3. The third-order valence-corrected chi connectivity index (χ3v) is 8.60. The molecule has 12 nitrogen and oxygen atoms in total. The maximum atomic E-state index is 13.4. The van der Waals surface area contributed by atoms with Crippen molar-refractivity contribution in [3.8, 4) is 17.2 Å². The number of rotatable bonds is 11. The van der Waals surface area contributed by atoms with Gasteiger partial charge in [-0.2, -0.15) is 0 Å². The SMILES string of the molecule is COc1c(NC(=O)Nc2ccc(Oc3ccnc(Cc4ccc(C(=O)O)c(N(C)C)c4)c3)c3ccccc23)cc(C(C)(C)C)cc1NS(C)(=O)=O. The molecule has 0 aliphatic rings. The number of hydrogen-bond donors (Lipinski definition) is 4. The number of carboxylic acids is 1. The molecular weight excluding hydrogens is 671 g/mol. The minimum atomic E-state index is -3.64. The Balaban J connectivity index is 1.39. The molecule has 0 saturated carbocycles. The van der Waals surface area contributed by atoms with Crippen molar-refractivity contribution in [1.82, 2.24) is 4.98 Å². The molecule has 5 aromatic rings. The number of carboxylic acid groups (broad SMARTS) is 1. The van der Waals surface area contributed by atoms with Gasteiger partial charge in [0.15, 0.2) is 5.75 Å². The van der Waals surface area contributed by atoms with E-state index < -0.39 is 22.0 Å². The van der Waals surface area contributed by atoms with Crippen molar-refractivity contribution in [2.24, 2.45) is 0 Å². The highest BCUT2D eigenvalue weighted by atomic mass is 32.2. The van der Waals surface area contributed by atoms with Crippen molar-refractivity contribution >= 4 is 55.5 Å². The summed E-state index contributed by atoms with van der Waals surface area (Å²) in [7, 11) is 1.37. The molecule has 13 heteroatoms. The zero-order valence-corrected chi connectivity index (χ0v) is 30.3. The number of amides is 2. The Kier molecular flexibility index (Phi) is 10.4. The van der Waals surface area contributed by atoms with E-state index in [0.717, 1.165) is 33.8 Å². The number of sulfonamides is 1. The summed E-state index contributed by atoms with van der Waals surface area (Å²) in [6.45, 7) is 5.94. The van der Waals surface area contributed by atoms with E-state index in [1.165, 1.54) is 7.11 Å². The molecule has 0 aliphatic heterocycles. The lowest BCUT2D eigenvalue weighted by molar-refractivity contribution is 0.0697. The molecule has 1 heterocycles. The maximum Gasteiger partial charge on any atom is 0.337 e. The van der Waals surface area contributed by atoms with Crippen molar-refractivity contribution in [2.45, 2.75) is 32.6 Å². The molecule has 51 heavy (non-hydrogen) atoms. The third kappa shape index (κ3) is 8.86. The fourth-order valence-corrected chi connectivity index (χ4v) is 6.14. The molecule has 0 unspecified atom stereocenters. The lowest BCUT2D eigenvalue weighted by Gasteiger charge is -2.24. The summed E-state index contributed by atoms with van der Waals surface area (Å²) in [6.07, 6.45) is 3.17. The van der Waals surface area contributed by atoms with Gasteiger partial charge in [0.2, 0.25) is 10.0 Å². The van der Waals surface area contributed by atoms with E-state index in [2.05, 4.69) is 20.3 Å². The maximum absolute atomic E-state index is 13.4. The minimum Gasteiger partial charge on any atom is -0.492 e. The number of nitrogens with zero attached hydrogens (tertiary/aromatic N) is 2. The van der Waals surface area contributed by atoms with E-state index in [1.807, 2.05) is 57.2 Å². The normalized spacial score (nSPS) is 11.5. The predicted octanol–water partition coefficient (Wildman–Crippen LogP) is 7.70. The fourth-order valence-electron chi connectivity index (χ4n) is 5.59. The van der Waals surface area contributed by atoms with Gasteiger partial charge in [-0.1, -0.05) is 51.1 Å². The van der Waals surface area contributed by atoms with Crippen LogP contribution in [0.25, 0.3) is 10.8 Å². The van der Waals surface area contributed by atoms with Gasteiger partial charge < -0.3 is 30.1 Å². The quantitative estimate of drug-likeness (QED) is 0.108. The summed E-state index contributed by atoms with van der Waals surface area (Å²) in [5.74, 6) is 0.301. The van der Waals surface area contributed by atoms with Gasteiger partial charge in [0, 0.05) is 49.2 Å². The van der Waals surface area contributed by atoms with Crippen molar-refractivity contribution in [3.63, 3.8) is 0 Å². The number of aromatic nitrogens is 1. The standard InChI is InChI=1S/C38H41N5O7S/c1-38(2,3)24-20-31(35(49-6)32(21-24)42-51(7,47)48)41-37(46)40-30-14-15-34(28-11-9-8-10-27(28)30)50-26-16-17-39-25(22-26)18-23-12-13-29(36(44)45)33(19-23)43(4)5/h8-17,19-22,42H,18H2,1-7H3,(H,44,45)(H2,40,41,46). The van der Waals surface area contributed by atoms with Crippen LogP contribution in [0.15, 0.2) is 85.1 Å². The van der Waals surface area contributed by atoms with Crippen LogP contribution in [0.3, 0.4) is 0 Å². The highest BCUT2D eigenvalue weighted by molar-refractivity contribution is 7.92. The zero-order valence-electron chi connectivity index (χ0n) is 29.5. The van der Waals surface area contributed by atoms with Crippen molar-refractivity contribution in [3.05, 3.63) is 107 Å². The highest BCUT2D eigenvalue weighted by Crippen LogP contribution is 2.40. The minimum absolute atomic E-state index is 0.171. The Bertz CT molecular complexity index is 2230. The number of nitrogens with one attached hydrogen (secondary N) is 3. The van der Waals surface area contributed by atoms with E-state index in [0.29, 0.717) is 35.0 Å². The van der Waals surface area contributed by atoms with Crippen LogP contribution in [-0.4, -0.2) is 58.0 Å². The topological polar surface area (TPSA) is 159 Å². The molecule has 2 amide bonds. The Hall–Kier alpha value is -5.82. The number of methoxy groups -OCH3 is 1. The number of aromatic carboxylic acids is 1. The molecular formula is C38H41N5O7S. The highest BCUT2D eigenvalue weighted by Gasteiger charge is 2.23. The third-order valence-electron chi connectivity index (χ3n) is 8.01. The monoisotopic (exact) mass is 711 g/mol. The largest absolute Gasteiger partial charge is 0.492 e. The Labute approximate surface area is 297 Å². The number of hydrogen-bond acceptors (Lipinski definition) is 8. The van der Waals surface area contributed by atoms with Gasteiger partial charge in [-0.3, -0.25) is 9.71 Å². The molecule has 0 bridgehead atoms. The molecule has 0 spiro atoms. The summed E-state index contributed by atoms with van der Waals surface area (Å²) in [5, 5.41) is 16.8. The number of ether oxygens (including phenoxy) is 2. The number of urea groups is 1. The molecule has 266 valence electrons. The molecule has 0 saturated heterocycles. The number of fused-ring (bicyclic) bond motifs is 1. The average molecular weight is 712 g/mol. The van der Waals surface area contributed by atoms with Crippen LogP contribution in [0.5, 0.6) is 17.2 Å². The van der Waals surface area contributed by atoms with E-state index >= 15 is 0 Å². The molecule has 5 rings (SSSR count). The van der Waals surface area contributed by atoms with Crippen LogP contribution >= 0.6 is 0 Å². The summed E-state index contributed by atoms with van der Waals surface area (Å²) in [4.78, 5) is 31.4. The van der Waals surface area contributed by atoms with E-state index in [4.69, 9.17) is 9.47 Å². The second kappa shape index (κ2) is 14.6. The molecule has 0 atom stereocenters. The lowest BCUT2D eigenvalue weighted by Crippen LogP contribution is -2.22. The van der Waals surface area contributed by atoms with Gasteiger partial charge in [-0.15, -0.1) is 0 Å². The van der Waals surface area contributed by atoms with Crippen LogP contribution in [0, 0.1) is 0 Å². The number of anilines is 4. The molecule has 4 N–H and O–H groups in total. The summed E-state index contributed by atoms with van der Waals surface area (Å²) in [5.41, 5.74) is 3.91. The summed E-state index contributed by atoms with van der Waals surface area (Å²) in [6, 6.07) is 22.7. The first-order valence-corrected chi connectivity index (χ1v) is 17.9. The van der Waals surface area contributed by atoms with Gasteiger partial charge in [-0.05, 0) is 59.0 Å². The smallest absolute Gasteiger partial charge is 0.337 e. The van der Waals surface area contributed by atoms with E-state index in [1.54, 1.807) is 67.7 Å². The van der Waals surface area contributed by atoms with Gasteiger partial charge in [-0.25, -0.2) is 18.0 Å². The van der Waals surface area contributed by atoms with Crippen LogP contribution in [0.1, 0.15) is 48.0 Å². The first-order chi connectivity index (χ1) is 24.0. The molecule has 0 fully saturated rings. The summed E-state index contributed by atoms with van der Waals surface area (Å²) < 4.78 is 38.6. The molecule has 4 aromatic carbocycles. The molecule has 1 aromatic heterocycles.